The molecule has 5 aromatic rings. The number of nitrogens with one attached hydrogen (secondary N) is 2. The summed E-state index contributed by atoms with van der Waals surface area (Å²) in [5, 5.41) is 70.2. The lowest BCUT2D eigenvalue weighted by molar-refractivity contribution is -0.181. The SMILES string of the molecule is Oc1ccc(C=Cc2c(CCc3ccc(CNC4CCC5CCCC56CCC57CCCC5C=CC(O)C7C46c4cnc[nH]4)cc3)c(O)c(O)c3c(O)cccc23)cc1O. The van der Waals surface area contributed by atoms with Gasteiger partial charge in [0.25, 0.3) is 0 Å². The first-order valence-electron chi connectivity index (χ1n) is 21.7. The number of rotatable bonds is 9. The first-order valence-corrected chi connectivity index (χ1v) is 21.7. The molecule has 1 aromatic heterocycles. The van der Waals surface area contributed by atoms with Crippen LogP contribution in [0.2, 0.25) is 0 Å². The summed E-state index contributed by atoms with van der Waals surface area (Å²) in [4.78, 5) is 8.35. The highest BCUT2D eigenvalue weighted by Gasteiger charge is 2.74. The highest BCUT2D eigenvalue weighted by molar-refractivity contribution is 6.03. The number of nitrogens with zero attached hydrogens (tertiary/aromatic N) is 1. The third-order valence-electron chi connectivity index (χ3n) is 16.1. The summed E-state index contributed by atoms with van der Waals surface area (Å²) in [6, 6.07) is 18.4. The lowest BCUT2D eigenvalue weighted by Gasteiger charge is -2.70. The number of phenolic OH excluding ortho intramolecular Hbond substituents is 5. The molecule has 0 bridgehead atoms. The minimum Gasteiger partial charge on any atom is -0.507 e. The average molecular weight is 794 g/mol. The second-order valence-electron chi connectivity index (χ2n) is 18.4. The predicted octanol–water partition coefficient (Wildman–Crippen LogP) is 9.15. The second kappa shape index (κ2) is 14.5. The van der Waals surface area contributed by atoms with Gasteiger partial charge in [0.15, 0.2) is 23.0 Å². The zero-order chi connectivity index (χ0) is 40.5. The van der Waals surface area contributed by atoms with Gasteiger partial charge in [0, 0.05) is 41.4 Å². The summed E-state index contributed by atoms with van der Waals surface area (Å²) in [7, 11) is 0. The fourth-order valence-electron chi connectivity index (χ4n) is 13.8. The van der Waals surface area contributed by atoms with E-state index in [2.05, 4.69) is 57.9 Å². The van der Waals surface area contributed by atoms with Crippen molar-refractivity contribution in [3.8, 4) is 28.7 Å². The quantitative estimate of drug-likeness (QED) is 0.0417. The van der Waals surface area contributed by atoms with Crippen LogP contribution in [0.25, 0.3) is 22.9 Å². The van der Waals surface area contributed by atoms with Gasteiger partial charge in [-0.2, -0.15) is 0 Å². The zero-order valence-electron chi connectivity index (χ0n) is 33.4. The number of imidazole rings is 1. The fraction of sp³-hybridized carbons (Fsp3) is 0.420. The van der Waals surface area contributed by atoms with Crippen LogP contribution in [-0.2, 0) is 24.8 Å². The number of aryl methyl sites for hydroxylation is 1. The van der Waals surface area contributed by atoms with Crippen molar-refractivity contribution in [3.05, 3.63) is 119 Å². The molecule has 2 spiro atoms. The molecule has 4 aromatic carbocycles. The number of hydrogen-bond acceptors (Lipinski definition) is 8. The van der Waals surface area contributed by atoms with Gasteiger partial charge in [-0.1, -0.05) is 79.6 Å². The Labute approximate surface area is 345 Å². The first-order chi connectivity index (χ1) is 28.7. The summed E-state index contributed by atoms with van der Waals surface area (Å²) in [6.07, 6.45) is 24.7. The van der Waals surface area contributed by atoms with Gasteiger partial charge in [0.1, 0.15) is 5.75 Å². The third kappa shape index (κ3) is 5.75. The van der Waals surface area contributed by atoms with Crippen molar-refractivity contribution in [1.29, 1.82) is 0 Å². The molecule has 8 atom stereocenters. The van der Waals surface area contributed by atoms with Crippen molar-refractivity contribution in [2.24, 2.45) is 28.6 Å². The number of H-pyrrole nitrogens is 1. The molecule has 0 saturated heterocycles. The number of allylic oxidation sites excluding steroid dienone is 1. The molecule has 306 valence electrons. The first kappa shape index (κ1) is 38.0. The lowest BCUT2D eigenvalue weighted by atomic mass is 9.34. The van der Waals surface area contributed by atoms with Crippen LogP contribution in [0.4, 0.5) is 0 Å². The maximum absolute atomic E-state index is 12.2. The van der Waals surface area contributed by atoms with E-state index in [0.29, 0.717) is 53.3 Å². The molecule has 0 aliphatic heterocycles. The number of aromatic hydroxyl groups is 5. The molecular weight excluding hydrogens is 739 g/mol. The van der Waals surface area contributed by atoms with Crippen molar-refractivity contribution in [2.75, 3.05) is 0 Å². The van der Waals surface area contributed by atoms with Crippen LogP contribution in [-0.4, -0.2) is 52.8 Å². The Morgan fingerprint density at radius 2 is 1.59 bits per heavy atom. The van der Waals surface area contributed by atoms with Gasteiger partial charge in [-0.25, -0.2) is 4.98 Å². The maximum atomic E-state index is 12.2. The summed E-state index contributed by atoms with van der Waals surface area (Å²) >= 11 is 0. The number of aliphatic hydroxyl groups excluding tert-OH is 1. The monoisotopic (exact) mass is 793 g/mol. The van der Waals surface area contributed by atoms with E-state index in [1.54, 1.807) is 30.4 Å². The lowest BCUT2D eigenvalue weighted by Crippen LogP contribution is -2.73. The number of aromatic amines is 1. The van der Waals surface area contributed by atoms with E-state index in [0.717, 1.165) is 12.0 Å². The summed E-state index contributed by atoms with van der Waals surface area (Å²) in [5.74, 6) is 0.0791. The van der Waals surface area contributed by atoms with Crippen molar-refractivity contribution in [2.45, 2.75) is 101 Å². The molecule has 9 heteroatoms. The largest absolute Gasteiger partial charge is 0.507 e. The number of phenols is 5. The molecule has 59 heavy (non-hydrogen) atoms. The van der Waals surface area contributed by atoms with Gasteiger partial charge in [-0.05, 0) is 133 Å². The van der Waals surface area contributed by atoms with Crippen LogP contribution < -0.4 is 5.32 Å². The van der Waals surface area contributed by atoms with Crippen molar-refractivity contribution in [3.63, 3.8) is 0 Å². The molecule has 8 N–H and O–H groups in total. The Morgan fingerprint density at radius 3 is 2.41 bits per heavy atom. The predicted molar refractivity (Wildman–Crippen MR) is 229 cm³/mol. The summed E-state index contributed by atoms with van der Waals surface area (Å²) in [6.45, 7) is 0.710. The van der Waals surface area contributed by atoms with Crippen LogP contribution in [0.15, 0.2) is 85.3 Å². The minimum atomic E-state index is -0.486. The minimum absolute atomic E-state index is 0.109. The Morgan fingerprint density at radius 1 is 0.763 bits per heavy atom. The molecule has 1 heterocycles. The second-order valence-corrected chi connectivity index (χ2v) is 18.4. The van der Waals surface area contributed by atoms with Crippen LogP contribution in [0, 0.1) is 28.6 Å². The van der Waals surface area contributed by atoms with Gasteiger partial charge < -0.3 is 40.9 Å². The van der Waals surface area contributed by atoms with E-state index >= 15 is 0 Å². The number of aromatic nitrogens is 2. The molecule has 8 unspecified atom stereocenters. The number of aliphatic hydroxyl groups is 1. The Bertz CT molecular complexity index is 2440. The average Bonchev–Trinajstić information content (AvgIpc) is 4.03. The van der Waals surface area contributed by atoms with Crippen LogP contribution >= 0.6 is 0 Å². The fourth-order valence-corrected chi connectivity index (χ4v) is 13.8. The molecule has 4 fully saturated rings. The van der Waals surface area contributed by atoms with Gasteiger partial charge in [-0.3, -0.25) is 0 Å². The van der Waals surface area contributed by atoms with Crippen molar-refractivity contribution < 1.29 is 30.6 Å². The normalized spacial score (nSPS) is 31.0. The molecule has 0 radical (unpaired) electrons. The molecular formula is C50H55N3O6. The highest BCUT2D eigenvalue weighted by Crippen LogP contribution is 2.76. The van der Waals surface area contributed by atoms with Crippen LogP contribution in [0.5, 0.6) is 28.7 Å². The summed E-state index contributed by atoms with van der Waals surface area (Å²) < 4.78 is 0. The topological polar surface area (TPSA) is 162 Å². The van der Waals surface area contributed by atoms with Gasteiger partial charge in [0.2, 0.25) is 0 Å². The van der Waals surface area contributed by atoms with E-state index < -0.39 is 6.10 Å². The van der Waals surface area contributed by atoms with Gasteiger partial charge in [-0.15, -0.1) is 0 Å². The van der Waals surface area contributed by atoms with Gasteiger partial charge in [0.05, 0.1) is 17.8 Å². The standard InChI is InChI=1S/C50H55N3O6/c54-38-19-14-31(26-41(38)57)13-17-35-36-6-1-7-39(55)44(36)46(59)45(58)37(35)18-12-30-8-10-32(11-9-30)27-52-42-21-16-34-5-3-23-49(34)25-24-48-22-2-4-33(48)15-20-40(56)47(48)50(42,49)43-28-51-29-53-43/h1,6-11,13-15,17,19-20,26,28-29,33-34,40,42,47,52,54-59H,2-5,12,16,18,21-25,27H2,(H,51,53). The van der Waals surface area contributed by atoms with E-state index in [9.17, 15) is 30.6 Å². The molecule has 9 nitrogen and oxygen atoms in total. The van der Waals surface area contributed by atoms with E-state index in [-0.39, 0.29) is 62.3 Å². The Kier molecular flexibility index (Phi) is 9.33. The molecule has 5 aliphatic carbocycles. The van der Waals surface area contributed by atoms with Crippen LogP contribution in [0.3, 0.4) is 0 Å². The van der Waals surface area contributed by atoms with Gasteiger partial charge >= 0.3 is 0 Å². The number of hydrogen-bond donors (Lipinski definition) is 8. The van der Waals surface area contributed by atoms with Crippen molar-refractivity contribution in [1.82, 2.24) is 15.3 Å². The van der Waals surface area contributed by atoms with Crippen molar-refractivity contribution >= 4 is 22.9 Å². The van der Waals surface area contributed by atoms with E-state index in [4.69, 9.17) is 0 Å². The molecule has 5 aliphatic rings. The Hall–Kier alpha value is -5.25. The molecule has 4 saturated carbocycles. The maximum Gasteiger partial charge on any atom is 0.169 e. The number of benzene rings is 4. The smallest absolute Gasteiger partial charge is 0.169 e. The zero-order valence-corrected chi connectivity index (χ0v) is 33.4. The molecule has 10 rings (SSSR count). The van der Waals surface area contributed by atoms with E-state index in [1.165, 1.54) is 87.2 Å². The summed E-state index contributed by atoms with van der Waals surface area (Å²) in [5.41, 5.74) is 5.28. The van der Waals surface area contributed by atoms with E-state index in [1.807, 2.05) is 6.33 Å². The molecule has 0 amide bonds. The number of fused-ring (bicyclic) bond motifs is 2. The highest BCUT2D eigenvalue weighted by atomic mass is 16.3. The Balaban J connectivity index is 0.931. The third-order valence-corrected chi connectivity index (χ3v) is 16.1. The van der Waals surface area contributed by atoms with Crippen LogP contribution in [0.1, 0.15) is 97.7 Å².